The zero-order chi connectivity index (χ0) is 15.3. The number of rotatable bonds is 6. The molecule has 0 aliphatic heterocycles. The van der Waals surface area contributed by atoms with Gasteiger partial charge in [0.1, 0.15) is 5.02 Å². The van der Waals surface area contributed by atoms with Crippen LogP contribution in [0.25, 0.3) is 0 Å². The van der Waals surface area contributed by atoms with E-state index in [0.29, 0.717) is 19.5 Å². The fourth-order valence-electron chi connectivity index (χ4n) is 1.68. The molecule has 1 N–H and O–H groups in total. The van der Waals surface area contributed by atoms with Crippen molar-refractivity contribution in [2.45, 2.75) is 13.3 Å². The van der Waals surface area contributed by atoms with Crippen LogP contribution in [0.2, 0.25) is 10.0 Å². The molecular weight excluding hydrogens is 307 g/mol. The highest BCUT2D eigenvalue weighted by Crippen LogP contribution is 2.33. The third kappa shape index (κ3) is 3.82. The lowest BCUT2D eigenvalue weighted by molar-refractivity contribution is -0.384. The third-order valence-electron chi connectivity index (χ3n) is 2.71. The monoisotopic (exact) mass is 320 g/mol. The minimum absolute atomic E-state index is 0.0364. The second-order valence-corrected chi connectivity index (χ2v) is 4.80. The second kappa shape index (κ2) is 7.42. The van der Waals surface area contributed by atoms with Crippen LogP contribution in [0.1, 0.15) is 23.7 Å². The molecular formula is C12H14Cl2N2O4. The lowest BCUT2D eigenvalue weighted by Gasteiger charge is -2.20. The standard InChI is InChI=1S/C12H14Cl2N2O4/c1-2-15(4-3-5-17)12(18)8-6-9(13)11(14)10(7-8)16(19)20/h6-7,17H,2-5H2,1H3. The summed E-state index contributed by atoms with van der Waals surface area (Å²) in [4.78, 5) is 23.9. The van der Waals surface area contributed by atoms with E-state index in [4.69, 9.17) is 28.3 Å². The molecule has 0 aromatic heterocycles. The third-order valence-corrected chi connectivity index (χ3v) is 3.50. The first kappa shape index (κ1) is 16.7. The highest BCUT2D eigenvalue weighted by molar-refractivity contribution is 6.43. The number of hydrogen-bond donors (Lipinski definition) is 1. The van der Waals surface area contributed by atoms with E-state index in [9.17, 15) is 14.9 Å². The van der Waals surface area contributed by atoms with Crippen LogP contribution in [0, 0.1) is 10.1 Å². The van der Waals surface area contributed by atoms with Crippen molar-refractivity contribution in [2.75, 3.05) is 19.7 Å². The molecule has 0 spiro atoms. The van der Waals surface area contributed by atoms with Crippen molar-refractivity contribution < 1.29 is 14.8 Å². The van der Waals surface area contributed by atoms with Gasteiger partial charge in [0.2, 0.25) is 0 Å². The van der Waals surface area contributed by atoms with E-state index in [1.807, 2.05) is 0 Å². The smallest absolute Gasteiger partial charge is 0.290 e. The van der Waals surface area contributed by atoms with Crippen LogP contribution in [0.3, 0.4) is 0 Å². The maximum absolute atomic E-state index is 12.2. The molecule has 0 saturated heterocycles. The van der Waals surface area contributed by atoms with Crippen molar-refractivity contribution in [1.82, 2.24) is 4.90 Å². The molecule has 1 rings (SSSR count). The van der Waals surface area contributed by atoms with E-state index in [0.717, 1.165) is 6.07 Å². The average molecular weight is 321 g/mol. The van der Waals surface area contributed by atoms with Crippen LogP contribution in [0.15, 0.2) is 12.1 Å². The van der Waals surface area contributed by atoms with Crippen LogP contribution in [0.5, 0.6) is 0 Å². The lowest BCUT2D eigenvalue weighted by Crippen LogP contribution is -2.32. The van der Waals surface area contributed by atoms with Crippen LogP contribution >= 0.6 is 23.2 Å². The normalized spacial score (nSPS) is 10.4. The van der Waals surface area contributed by atoms with E-state index in [2.05, 4.69) is 0 Å². The average Bonchev–Trinajstić information content (AvgIpc) is 2.41. The number of nitrogens with zero attached hydrogens (tertiary/aromatic N) is 2. The molecule has 0 atom stereocenters. The van der Waals surface area contributed by atoms with Crippen LogP contribution < -0.4 is 0 Å². The van der Waals surface area contributed by atoms with Crippen molar-refractivity contribution >= 4 is 34.8 Å². The molecule has 1 amide bonds. The van der Waals surface area contributed by atoms with Gasteiger partial charge in [-0.25, -0.2) is 0 Å². The highest BCUT2D eigenvalue weighted by Gasteiger charge is 2.22. The van der Waals surface area contributed by atoms with Gasteiger partial charge in [-0.1, -0.05) is 23.2 Å². The SMILES string of the molecule is CCN(CCCO)C(=O)c1cc(Cl)c(Cl)c([N+](=O)[O-])c1. The van der Waals surface area contributed by atoms with Gasteiger partial charge in [0.15, 0.2) is 0 Å². The van der Waals surface area contributed by atoms with E-state index >= 15 is 0 Å². The molecule has 0 heterocycles. The second-order valence-electron chi connectivity index (χ2n) is 4.01. The number of hydrogen-bond acceptors (Lipinski definition) is 4. The van der Waals surface area contributed by atoms with Gasteiger partial charge in [0, 0.05) is 31.3 Å². The summed E-state index contributed by atoms with van der Waals surface area (Å²) in [7, 11) is 0. The Morgan fingerprint density at radius 2 is 2.10 bits per heavy atom. The zero-order valence-electron chi connectivity index (χ0n) is 10.8. The molecule has 110 valence electrons. The van der Waals surface area contributed by atoms with Crippen LogP contribution in [0.4, 0.5) is 5.69 Å². The molecule has 0 radical (unpaired) electrons. The number of aliphatic hydroxyl groups excluding tert-OH is 1. The first-order valence-corrected chi connectivity index (χ1v) is 6.71. The maximum Gasteiger partial charge on any atom is 0.290 e. The Hall–Kier alpha value is -1.37. The van der Waals surface area contributed by atoms with Crippen LogP contribution in [-0.2, 0) is 0 Å². The molecule has 8 heteroatoms. The molecule has 0 aliphatic carbocycles. The van der Waals surface area contributed by atoms with Gasteiger partial charge in [-0.3, -0.25) is 14.9 Å². The van der Waals surface area contributed by atoms with E-state index < -0.39 is 10.6 Å². The molecule has 0 unspecified atom stereocenters. The van der Waals surface area contributed by atoms with Crippen molar-refractivity contribution in [2.24, 2.45) is 0 Å². The quantitative estimate of drug-likeness (QED) is 0.645. The number of aliphatic hydroxyl groups is 1. The molecule has 0 aliphatic rings. The molecule has 0 saturated carbocycles. The fourth-order valence-corrected chi connectivity index (χ4v) is 2.07. The number of carbonyl (C=O) groups is 1. The van der Waals surface area contributed by atoms with Crippen molar-refractivity contribution in [3.63, 3.8) is 0 Å². The molecule has 0 bridgehead atoms. The minimum atomic E-state index is -0.686. The van der Waals surface area contributed by atoms with Gasteiger partial charge >= 0.3 is 0 Å². The van der Waals surface area contributed by atoms with Gasteiger partial charge in [-0.15, -0.1) is 0 Å². The number of halogens is 2. The predicted octanol–water partition coefficient (Wildman–Crippen LogP) is 2.75. The Morgan fingerprint density at radius 3 is 2.60 bits per heavy atom. The van der Waals surface area contributed by atoms with Crippen molar-refractivity contribution in [3.05, 3.63) is 37.9 Å². The Labute approximate surface area is 126 Å². The van der Waals surface area contributed by atoms with Crippen molar-refractivity contribution in [3.8, 4) is 0 Å². The first-order valence-electron chi connectivity index (χ1n) is 5.95. The first-order chi connectivity index (χ1) is 9.42. The summed E-state index contributed by atoms with van der Waals surface area (Å²) < 4.78 is 0. The number of amides is 1. The summed E-state index contributed by atoms with van der Waals surface area (Å²) in [5, 5.41) is 19.4. The molecule has 1 aromatic rings. The summed E-state index contributed by atoms with van der Waals surface area (Å²) in [6.45, 7) is 2.53. The molecule has 1 aromatic carbocycles. The summed E-state index contributed by atoms with van der Waals surface area (Å²) >= 11 is 11.5. The summed E-state index contributed by atoms with van der Waals surface area (Å²) in [6.07, 6.45) is 0.434. The Morgan fingerprint density at radius 1 is 1.45 bits per heavy atom. The molecule has 20 heavy (non-hydrogen) atoms. The maximum atomic E-state index is 12.2. The van der Waals surface area contributed by atoms with Crippen LogP contribution in [-0.4, -0.2) is 40.5 Å². The molecule has 6 nitrogen and oxygen atoms in total. The number of benzene rings is 1. The van der Waals surface area contributed by atoms with Gasteiger partial charge in [0.05, 0.1) is 9.95 Å². The Kier molecular flexibility index (Phi) is 6.19. The zero-order valence-corrected chi connectivity index (χ0v) is 12.3. The summed E-state index contributed by atoms with van der Waals surface area (Å²) in [5.74, 6) is -0.386. The fraction of sp³-hybridized carbons (Fsp3) is 0.417. The lowest BCUT2D eigenvalue weighted by atomic mass is 10.1. The number of nitro groups is 1. The highest BCUT2D eigenvalue weighted by atomic mass is 35.5. The predicted molar refractivity (Wildman–Crippen MR) is 76.4 cm³/mol. The Balaban J connectivity index is 3.12. The topological polar surface area (TPSA) is 83.7 Å². The van der Waals surface area contributed by atoms with E-state index in [1.54, 1.807) is 6.92 Å². The van der Waals surface area contributed by atoms with Gasteiger partial charge < -0.3 is 10.0 Å². The summed E-state index contributed by atoms with van der Waals surface area (Å²) in [6, 6.07) is 2.42. The minimum Gasteiger partial charge on any atom is -0.396 e. The number of nitro benzene ring substituents is 1. The van der Waals surface area contributed by atoms with E-state index in [1.165, 1.54) is 11.0 Å². The summed E-state index contributed by atoms with van der Waals surface area (Å²) in [5.41, 5.74) is -0.299. The largest absolute Gasteiger partial charge is 0.396 e. The van der Waals surface area contributed by atoms with Gasteiger partial charge in [-0.2, -0.15) is 0 Å². The number of carbonyl (C=O) groups excluding carboxylic acids is 1. The molecule has 0 fully saturated rings. The van der Waals surface area contributed by atoms with Gasteiger partial charge in [-0.05, 0) is 19.4 Å². The van der Waals surface area contributed by atoms with Gasteiger partial charge in [0.25, 0.3) is 11.6 Å². The van der Waals surface area contributed by atoms with Crippen molar-refractivity contribution in [1.29, 1.82) is 0 Å². The Bertz CT molecular complexity index is 522. The van der Waals surface area contributed by atoms with E-state index in [-0.39, 0.29) is 28.1 Å².